The van der Waals surface area contributed by atoms with Crippen LogP contribution in [-0.4, -0.2) is 53.2 Å². The Labute approximate surface area is 119 Å². The third-order valence-electron chi connectivity index (χ3n) is 3.27. The van der Waals surface area contributed by atoms with Gasteiger partial charge in [0.2, 0.25) is 0 Å². The number of pyridine rings is 1. The third kappa shape index (κ3) is 4.79. The summed E-state index contributed by atoms with van der Waals surface area (Å²) in [5.41, 5.74) is 6.54. The van der Waals surface area contributed by atoms with Crippen LogP contribution in [0.2, 0.25) is 0 Å². The number of hydrogen-bond acceptors (Lipinski definition) is 5. The van der Waals surface area contributed by atoms with E-state index in [0.717, 1.165) is 44.5 Å². The molecule has 2 rings (SSSR count). The Kier molecular flexibility index (Phi) is 5.76. The zero-order valence-electron chi connectivity index (χ0n) is 11.6. The second-order valence-corrected chi connectivity index (χ2v) is 5.03. The van der Waals surface area contributed by atoms with Gasteiger partial charge in [-0.05, 0) is 37.9 Å². The molecule has 6 nitrogen and oxygen atoms in total. The maximum absolute atomic E-state index is 9.14. The number of oxime groups is 1. The lowest BCUT2D eigenvalue weighted by Gasteiger charge is -2.35. The Bertz CT molecular complexity index is 418. The van der Waals surface area contributed by atoms with Crippen molar-refractivity contribution < 1.29 is 9.94 Å². The van der Waals surface area contributed by atoms with E-state index >= 15 is 0 Å². The summed E-state index contributed by atoms with van der Waals surface area (Å²) in [4.78, 5) is 11.4. The van der Waals surface area contributed by atoms with Crippen LogP contribution in [0.25, 0.3) is 0 Å². The predicted molar refractivity (Wildman–Crippen MR) is 77.2 cm³/mol. The summed E-state index contributed by atoms with van der Waals surface area (Å²) in [6.45, 7) is 3.27. The largest absolute Gasteiger partial charge is 0.394 e. The first-order chi connectivity index (χ1) is 9.75. The average Bonchev–Trinajstić information content (AvgIpc) is 2.44. The molecule has 0 aromatic carbocycles. The minimum atomic E-state index is -0.108. The molecule has 2 heterocycles. The van der Waals surface area contributed by atoms with Crippen molar-refractivity contribution in [2.75, 3.05) is 26.2 Å². The van der Waals surface area contributed by atoms with E-state index < -0.39 is 0 Å². The molecule has 1 aromatic rings. The fraction of sp³-hybridized carbons (Fsp3) is 0.571. The van der Waals surface area contributed by atoms with E-state index in [1.54, 1.807) is 12.4 Å². The molecule has 1 aliphatic heterocycles. The first-order valence-electron chi connectivity index (χ1n) is 7.02. The van der Waals surface area contributed by atoms with Crippen molar-refractivity contribution in [3.8, 4) is 0 Å². The number of aromatic nitrogens is 1. The van der Waals surface area contributed by atoms with Gasteiger partial charge < -0.3 is 15.7 Å². The standard InChI is InChI=1S/C14H22N4O2/c15-14(12-5-4-6-16-9-12)17-20-8-3-1-2-7-18-10-13(19)11-18/h4-6,9,13,19H,1-3,7-8,10-11H2,(H2,15,17). The van der Waals surface area contributed by atoms with E-state index in [-0.39, 0.29) is 6.10 Å². The van der Waals surface area contributed by atoms with Crippen molar-refractivity contribution in [2.24, 2.45) is 10.9 Å². The van der Waals surface area contributed by atoms with Gasteiger partial charge in [0.1, 0.15) is 6.61 Å². The van der Waals surface area contributed by atoms with Gasteiger partial charge in [-0.2, -0.15) is 0 Å². The predicted octanol–water partition coefficient (Wildman–Crippen LogP) is 0.565. The fourth-order valence-electron chi connectivity index (χ4n) is 2.09. The van der Waals surface area contributed by atoms with Gasteiger partial charge in [-0.3, -0.25) is 9.88 Å². The number of nitrogens with zero attached hydrogens (tertiary/aromatic N) is 3. The molecular weight excluding hydrogens is 256 g/mol. The zero-order chi connectivity index (χ0) is 14.2. The summed E-state index contributed by atoms with van der Waals surface area (Å²) in [7, 11) is 0. The molecule has 20 heavy (non-hydrogen) atoms. The molecule has 3 N–H and O–H groups in total. The summed E-state index contributed by atoms with van der Waals surface area (Å²) >= 11 is 0. The molecular formula is C14H22N4O2. The summed E-state index contributed by atoms with van der Waals surface area (Å²) in [6.07, 6.45) is 6.41. The van der Waals surface area contributed by atoms with Crippen LogP contribution < -0.4 is 5.73 Å². The van der Waals surface area contributed by atoms with Crippen LogP contribution >= 0.6 is 0 Å². The summed E-state index contributed by atoms with van der Waals surface area (Å²) in [5, 5.41) is 13.0. The first-order valence-corrected chi connectivity index (χ1v) is 7.02. The Morgan fingerprint density at radius 2 is 2.30 bits per heavy atom. The Hall–Kier alpha value is -1.66. The zero-order valence-corrected chi connectivity index (χ0v) is 11.6. The van der Waals surface area contributed by atoms with Gasteiger partial charge in [-0.15, -0.1) is 0 Å². The molecule has 110 valence electrons. The van der Waals surface area contributed by atoms with Crippen molar-refractivity contribution in [1.29, 1.82) is 0 Å². The van der Waals surface area contributed by atoms with Crippen molar-refractivity contribution >= 4 is 5.84 Å². The molecule has 0 atom stereocenters. The number of β-amino-alcohol motifs (C(OH)–C–C–N with tert-alkyl or cyclic N) is 1. The second kappa shape index (κ2) is 7.81. The van der Waals surface area contributed by atoms with Crippen LogP contribution in [0.4, 0.5) is 0 Å². The molecule has 0 saturated carbocycles. The van der Waals surface area contributed by atoms with Crippen LogP contribution in [0.5, 0.6) is 0 Å². The minimum absolute atomic E-state index is 0.108. The molecule has 1 saturated heterocycles. The quantitative estimate of drug-likeness (QED) is 0.314. The lowest BCUT2D eigenvalue weighted by Crippen LogP contribution is -2.50. The van der Waals surface area contributed by atoms with Crippen LogP contribution in [-0.2, 0) is 4.84 Å². The van der Waals surface area contributed by atoms with Crippen LogP contribution in [0, 0.1) is 0 Å². The number of aliphatic hydroxyl groups excluding tert-OH is 1. The first kappa shape index (κ1) is 14.7. The SMILES string of the molecule is N/C(=N\OCCCCCN1CC(O)C1)c1cccnc1. The Balaban J connectivity index is 1.51. The monoisotopic (exact) mass is 278 g/mol. The number of amidine groups is 1. The second-order valence-electron chi connectivity index (χ2n) is 5.03. The Morgan fingerprint density at radius 3 is 3.00 bits per heavy atom. The number of nitrogens with two attached hydrogens (primary N) is 1. The molecule has 1 aliphatic rings. The lowest BCUT2D eigenvalue weighted by atomic mass is 10.1. The highest BCUT2D eigenvalue weighted by molar-refractivity contribution is 5.96. The van der Waals surface area contributed by atoms with E-state index in [4.69, 9.17) is 15.7 Å². The van der Waals surface area contributed by atoms with E-state index in [1.165, 1.54) is 0 Å². The van der Waals surface area contributed by atoms with Gasteiger partial charge >= 0.3 is 0 Å². The van der Waals surface area contributed by atoms with Crippen molar-refractivity contribution in [3.05, 3.63) is 30.1 Å². The normalized spacial score (nSPS) is 16.9. The molecule has 1 fully saturated rings. The van der Waals surface area contributed by atoms with Gasteiger partial charge in [0.05, 0.1) is 6.10 Å². The van der Waals surface area contributed by atoms with E-state index in [1.807, 2.05) is 12.1 Å². The van der Waals surface area contributed by atoms with E-state index in [0.29, 0.717) is 12.4 Å². The number of unbranched alkanes of at least 4 members (excludes halogenated alkanes) is 2. The van der Waals surface area contributed by atoms with Crippen LogP contribution in [0.15, 0.2) is 29.7 Å². The summed E-state index contributed by atoms with van der Waals surface area (Å²) < 4.78 is 0. The number of rotatable bonds is 8. The van der Waals surface area contributed by atoms with Crippen molar-refractivity contribution in [3.63, 3.8) is 0 Å². The summed E-state index contributed by atoms with van der Waals surface area (Å²) in [6, 6.07) is 3.65. The molecule has 0 spiro atoms. The molecule has 1 aromatic heterocycles. The highest BCUT2D eigenvalue weighted by atomic mass is 16.6. The van der Waals surface area contributed by atoms with Gasteiger partial charge in [0.15, 0.2) is 5.84 Å². The molecule has 0 bridgehead atoms. The maximum atomic E-state index is 9.14. The lowest BCUT2D eigenvalue weighted by molar-refractivity contribution is 0.00117. The van der Waals surface area contributed by atoms with Crippen LogP contribution in [0.3, 0.4) is 0 Å². The summed E-state index contributed by atoms with van der Waals surface area (Å²) in [5.74, 6) is 0.354. The molecule has 6 heteroatoms. The van der Waals surface area contributed by atoms with Crippen molar-refractivity contribution in [2.45, 2.75) is 25.4 Å². The van der Waals surface area contributed by atoms with Crippen LogP contribution in [0.1, 0.15) is 24.8 Å². The smallest absolute Gasteiger partial charge is 0.171 e. The molecule has 0 radical (unpaired) electrons. The third-order valence-corrected chi connectivity index (χ3v) is 3.27. The molecule has 0 aliphatic carbocycles. The topological polar surface area (TPSA) is 84.0 Å². The highest BCUT2D eigenvalue weighted by Gasteiger charge is 2.22. The van der Waals surface area contributed by atoms with Gasteiger partial charge in [-0.1, -0.05) is 5.16 Å². The number of hydrogen-bond donors (Lipinski definition) is 2. The van der Waals surface area contributed by atoms with Gasteiger partial charge in [0.25, 0.3) is 0 Å². The molecule has 0 unspecified atom stereocenters. The molecule has 0 amide bonds. The number of likely N-dealkylation sites (tertiary alicyclic amines) is 1. The minimum Gasteiger partial charge on any atom is -0.394 e. The Morgan fingerprint density at radius 1 is 1.45 bits per heavy atom. The van der Waals surface area contributed by atoms with E-state index in [2.05, 4.69) is 15.0 Å². The fourth-order valence-corrected chi connectivity index (χ4v) is 2.09. The maximum Gasteiger partial charge on any atom is 0.171 e. The number of aliphatic hydroxyl groups is 1. The average molecular weight is 278 g/mol. The van der Waals surface area contributed by atoms with Gasteiger partial charge in [0, 0.05) is 31.0 Å². The van der Waals surface area contributed by atoms with Crippen molar-refractivity contribution in [1.82, 2.24) is 9.88 Å². The van der Waals surface area contributed by atoms with E-state index in [9.17, 15) is 0 Å². The van der Waals surface area contributed by atoms with Gasteiger partial charge in [-0.25, -0.2) is 0 Å². The highest BCUT2D eigenvalue weighted by Crippen LogP contribution is 2.09.